The molecule has 0 bridgehead atoms. The van der Waals surface area contributed by atoms with Gasteiger partial charge < -0.3 is 20.1 Å². The predicted octanol–water partition coefficient (Wildman–Crippen LogP) is 1.66. The zero-order chi connectivity index (χ0) is 15.9. The zero-order valence-corrected chi connectivity index (χ0v) is 12.6. The number of rotatable bonds is 4. The third kappa shape index (κ3) is 2.82. The predicted molar refractivity (Wildman–Crippen MR) is 82.0 cm³/mol. The average Bonchev–Trinajstić information content (AvgIpc) is 2.81. The smallest absolute Gasteiger partial charge is 0.382 e. The van der Waals surface area contributed by atoms with Gasteiger partial charge >= 0.3 is 7.82 Å². The number of phosphoric acid groups is 1. The lowest BCUT2D eigenvalue weighted by molar-refractivity contribution is 0.133. The molecule has 1 unspecified atom stereocenters. The van der Waals surface area contributed by atoms with E-state index in [-0.39, 0.29) is 6.54 Å². The molecule has 0 radical (unpaired) electrons. The van der Waals surface area contributed by atoms with Crippen LogP contribution in [-0.4, -0.2) is 30.4 Å². The summed E-state index contributed by atoms with van der Waals surface area (Å²) in [4.78, 5) is 26.3. The number of hydrogen-bond acceptors (Lipinski definition) is 5. The first-order chi connectivity index (χ1) is 10.3. The van der Waals surface area contributed by atoms with E-state index < -0.39 is 13.9 Å². The second kappa shape index (κ2) is 5.33. The Balaban J connectivity index is 2.09. The average molecular weight is 322 g/mol. The molecule has 0 amide bonds. The minimum absolute atomic E-state index is 0.231. The Labute approximate surface area is 125 Å². The third-order valence-electron chi connectivity index (χ3n) is 3.25. The molecule has 22 heavy (non-hydrogen) atoms. The number of benzene rings is 1. The number of fused-ring (bicyclic) bond motifs is 3. The molecule has 0 saturated heterocycles. The number of anilines is 1. The van der Waals surface area contributed by atoms with E-state index in [4.69, 9.17) is 15.5 Å². The number of para-hydroxylation sites is 1. The summed E-state index contributed by atoms with van der Waals surface area (Å²) in [7, 11) is -4.53. The Kier molecular flexibility index (Phi) is 3.62. The minimum atomic E-state index is -4.53. The fraction of sp³-hybridized carbons (Fsp3) is 0.231. The summed E-state index contributed by atoms with van der Waals surface area (Å²) in [5, 5.41) is 0.868. The molecule has 8 nitrogen and oxygen atoms in total. The second-order valence-electron chi connectivity index (χ2n) is 5.01. The Hall–Kier alpha value is -1.99. The maximum Gasteiger partial charge on any atom is 0.469 e. The molecule has 0 saturated carbocycles. The van der Waals surface area contributed by atoms with Crippen LogP contribution in [-0.2, 0) is 15.6 Å². The highest BCUT2D eigenvalue weighted by atomic mass is 31.2. The molecule has 9 heteroatoms. The number of hydrogen-bond donors (Lipinski definition) is 3. The van der Waals surface area contributed by atoms with Crippen molar-refractivity contribution in [3.8, 4) is 0 Å². The molecule has 0 fully saturated rings. The largest absolute Gasteiger partial charge is 0.469 e. The van der Waals surface area contributed by atoms with Crippen molar-refractivity contribution >= 4 is 35.6 Å². The van der Waals surface area contributed by atoms with Crippen molar-refractivity contribution in [2.45, 2.75) is 19.6 Å². The van der Waals surface area contributed by atoms with Crippen molar-refractivity contribution < 1.29 is 18.9 Å². The standard InChI is InChI=1S/C13H15N4O4P/c1-8(21-22(18,19)20)6-17-7-15-11-12(17)9-4-2-3-5-10(9)16-13(11)14/h2-5,7-8H,6H2,1H3,(H2,14,16)(H2,18,19,20). The first kappa shape index (κ1) is 14.9. The lowest BCUT2D eigenvalue weighted by Gasteiger charge is -2.15. The molecular weight excluding hydrogens is 307 g/mol. The van der Waals surface area contributed by atoms with Crippen LogP contribution in [0.25, 0.3) is 21.9 Å². The number of phosphoric ester groups is 1. The van der Waals surface area contributed by atoms with Gasteiger partial charge in [0.25, 0.3) is 0 Å². The van der Waals surface area contributed by atoms with E-state index in [1.165, 1.54) is 0 Å². The van der Waals surface area contributed by atoms with Gasteiger partial charge in [0.15, 0.2) is 5.82 Å². The fourth-order valence-electron chi connectivity index (χ4n) is 2.49. The molecular formula is C13H15N4O4P. The molecule has 2 heterocycles. The van der Waals surface area contributed by atoms with Gasteiger partial charge in [-0.1, -0.05) is 18.2 Å². The lowest BCUT2D eigenvalue weighted by atomic mass is 10.2. The maximum atomic E-state index is 10.9. The number of imidazole rings is 1. The summed E-state index contributed by atoms with van der Waals surface area (Å²) >= 11 is 0. The van der Waals surface area contributed by atoms with Crippen molar-refractivity contribution in [3.63, 3.8) is 0 Å². The maximum absolute atomic E-state index is 10.9. The van der Waals surface area contributed by atoms with Crippen LogP contribution >= 0.6 is 7.82 Å². The van der Waals surface area contributed by atoms with Crippen LogP contribution in [0.2, 0.25) is 0 Å². The lowest BCUT2D eigenvalue weighted by Crippen LogP contribution is -2.15. The van der Waals surface area contributed by atoms with E-state index in [2.05, 4.69) is 14.5 Å². The Bertz CT molecular complexity index is 888. The zero-order valence-electron chi connectivity index (χ0n) is 11.7. The summed E-state index contributed by atoms with van der Waals surface area (Å²) in [6.45, 7) is 1.81. The number of aromatic nitrogens is 3. The first-order valence-electron chi connectivity index (χ1n) is 6.58. The number of pyridine rings is 1. The van der Waals surface area contributed by atoms with Gasteiger partial charge in [-0.2, -0.15) is 0 Å². The molecule has 2 aromatic heterocycles. The fourth-order valence-corrected chi connectivity index (χ4v) is 3.02. The minimum Gasteiger partial charge on any atom is -0.382 e. The van der Waals surface area contributed by atoms with E-state index >= 15 is 0 Å². The van der Waals surface area contributed by atoms with E-state index in [9.17, 15) is 4.57 Å². The van der Waals surface area contributed by atoms with E-state index in [1.54, 1.807) is 17.8 Å². The normalized spacial score (nSPS) is 13.8. The molecule has 0 aliphatic rings. The van der Waals surface area contributed by atoms with Crippen LogP contribution in [0, 0.1) is 0 Å². The van der Waals surface area contributed by atoms with Gasteiger partial charge in [-0.15, -0.1) is 0 Å². The van der Waals surface area contributed by atoms with E-state index in [1.807, 2.05) is 24.3 Å². The number of nitrogen functional groups attached to an aromatic ring is 1. The topological polar surface area (TPSA) is 123 Å². The summed E-state index contributed by atoms with van der Waals surface area (Å²) < 4.78 is 17.4. The van der Waals surface area contributed by atoms with Crippen LogP contribution in [0.3, 0.4) is 0 Å². The van der Waals surface area contributed by atoms with Gasteiger partial charge in [0.05, 0.1) is 30.0 Å². The van der Waals surface area contributed by atoms with Crippen LogP contribution in [0.1, 0.15) is 6.92 Å². The first-order valence-corrected chi connectivity index (χ1v) is 8.11. The molecule has 116 valence electrons. The monoisotopic (exact) mass is 322 g/mol. The van der Waals surface area contributed by atoms with Gasteiger partial charge in [-0.05, 0) is 13.0 Å². The Morgan fingerprint density at radius 1 is 1.41 bits per heavy atom. The van der Waals surface area contributed by atoms with Crippen molar-refractivity contribution in [1.29, 1.82) is 0 Å². The highest BCUT2D eigenvalue weighted by molar-refractivity contribution is 7.46. The van der Waals surface area contributed by atoms with Gasteiger partial charge in [-0.3, -0.25) is 4.52 Å². The summed E-state index contributed by atoms with van der Waals surface area (Å²) in [6.07, 6.45) is 0.876. The molecule has 0 aliphatic carbocycles. The van der Waals surface area contributed by atoms with E-state index in [0.29, 0.717) is 11.3 Å². The summed E-state index contributed by atoms with van der Waals surface area (Å²) in [5.41, 5.74) is 7.98. The van der Waals surface area contributed by atoms with Gasteiger partial charge in [0.2, 0.25) is 0 Å². The molecule has 1 aromatic carbocycles. The molecule has 3 aromatic rings. The van der Waals surface area contributed by atoms with Crippen LogP contribution in [0.4, 0.5) is 5.82 Å². The molecule has 0 spiro atoms. The molecule has 1 atom stereocenters. The third-order valence-corrected chi connectivity index (χ3v) is 3.89. The molecule has 4 N–H and O–H groups in total. The quantitative estimate of drug-likeness (QED) is 0.624. The summed E-state index contributed by atoms with van der Waals surface area (Å²) in [6, 6.07) is 7.49. The molecule has 3 rings (SSSR count). The summed E-state index contributed by atoms with van der Waals surface area (Å²) in [5.74, 6) is 0.316. The number of nitrogens with two attached hydrogens (primary N) is 1. The van der Waals surface area contributed by atoms with Crippen molar-refractivity contribution in [3.05, 3.63) is 30.6 Å². The SMILES string of the molecule is CC(Cn1cnc2c(N)nc3ccccc3c21)OP(=O)(O)O. The Morgan fingerprint density at radius 2 is 2.14 bits per heavy atom. The van der Waals surface area contributed by atoms with Gasteiger partial charge in [-0.25, -0.2) is 14.5 Å². The highest BCUT2D eigenvalue weighted by Crippen LogP contribution is 2.38. The van der Waals surface area contributed by atoms with Crippen LogP contribution in [0.5, 0.6) is 0 Å². The van der Waals surface area contributed by atoms with Crippen LogP contribution < -0.4 is 5.73 Å². The Morgan fingerprint density at radius 3 is 2.86 bits per heavy atom. The van der Waals surface area contributed by atoms with E-state index in [0.717, 1.165) is 16.4 Å². The van der Waals surface area contributed by atoms with Gasteiger partial charge in [0.1, 0.15) is 5.52 Å². The van der Waals surface area contributed by atoms with Crippen molar-refractivity contribution in [2.75, 3.05) is 5.73 Å². The van der Waals surface area contributed by atoms with Crippen molar-refractivity contribution in [1.82, 2.24) is 14.5 Å². The van der Waals surface area contributed by atoms with Crippen LogP contribution in [0.15, 0.2) is 30.6 Å². The van der Waals surface area contributed by atoms with Gasteiger partial charge in [0, 0.05) is 5.39 Å². The van der Waals surface area contributed by atoms with Crippen molar-refractivity contribution in [2.24, 2.45) is 0 Å². The second-order valence-corrected chi connectivity index (χ2v) is 6.21. The molecule has 0 aliphatic heterocycles. The number of nitrogens with zero attached hydrogens (tertiary/aromatic N) is 3. The highest BCUT2D eigenvalue weighted by Gasteiger charge is 2.20.